The van der Waals surface area contributed by atoms with Gasteiger partial charge in [0.05, 0.1) is 0 Å². The molecule has 0 radical (unpaired) electrons. The molecule has 1 unspecified atom stereocenters. The van der Waals surface area contributed by atoms with Crippen LogP contribution in [0.4, 0.5) is 0 Å². The van der Waals surface area contributed by atoms with E-state index in [2.05, 4.69) is 26.1 Å². The lowest BCUT2D eigenvalue weighted by molar-refractivity contribution is -0.129. The topological polar surface area (TPSA) is 29.1 Å². The van der Waals surface area contributed by atoms with Gasteiger partial charge < -0.3 is 5.32 Å². The van der Waals surface area contributed by atoms with Gasteiger partial charge in [-0.25, -0.2) is 0 Å². The van der Waals surface area contributed by atoms with Crippen molar-refractivity contribution in [1.29, 1.82) is 0 Å². The van der Waals surface area contributed by atoms with Crippen LogP contribution in [0.1, 0.15) is 48.0 Å². The lowest BCUT2D eigenvalue weighted by atomic mass is 9.93. The van der Waals surface area contributed by atoms with Gasteiger partial charge in [0.2, 0.25) is 5.91 Å². The van der Waals surface area contributed by atoms with Crippen LogP contribution in [0, 0.1) is 11.3 Å². The van der Waals surface area contributed by atoms with E-state index in [-0.39, 0.29) is 11.3 Å². The molecule has 1 N–H and O–H groups in total. The lowest BCUT2D eigenvalue weighted by Crippen LogP contribution is -2.43. The van der Waals surface area contributed by atoms with Crippen molar-refractivity contribution in [2.75, 3.05) is 0 Å². The van der Waals surface area contributed by atoms with Crippen LogP contribution in [0.25, 0.3) is 0 Å². The average Bonchev–Trinajstić information content (AvgIpc) is 1.96. The minimum Gasteiger partial charge on any atom is -0.353 e. The monoisotopic (exact) mass is 185 g/mol. The van der Waals surface area contributed by atoms with Crippen molar-refractivity contribution < 1.29 is 4.79 Å². The molecule has 2 nitrogen and oxygen atoms in total. The maximum absolute atomic E-state index is 11.6. The van der Waals surface area contributed by atoms with E-state index in [0.29, 0.717) is 12.0 Å². The van der Waals surface area contributed by atoms with Crippen molar-refractivity contribution in [2.24, 2.45) is 11.3 Å². The first kappa shape index (κ1) is 12.5. The Hall–Kier alpha value is -0.530. The van der Waals surface area contributed by atoms with E-state index in [9.17, 15) is 4.79 Å². The second kappa shape index (κ2) is 4.64. The zero-order valence-electron chi connectivity index (χ0n) is 9.77. The summed E-state index contributed by atoms with van der Waals surface area (Å²) in [6.45, 7) is 12.2. The molecule has 13 heavy (non-hydrogen) atoms. The number of carbonyl (C=O) groups excluding carboxylic acids is 1. The molecule has 0 aromatic heterocycles. The standard InChI is InChI=1S/C11H23NO/c1-7-9(8(2)3)12-10(13)11(4,5)6/h8-9H,7H2,1-6H3,(H,12,13). The summed E-state index contributed by atoms with van der Waals surface area (Å²) in [6, 6.07) is 0.312. The molecule has 0 heterocycles. The zero-order valence-corrected chi connectivity index (χ0v) is 9.77. The summed E-state index contributed by atoms with van der Waals surface area (Å²) < 4.78 is 0. The predicted octanol–water partition coefficient (Wildman–Crippen LogP) is 2.58. The Balaban J connectivity index is 4.18. The third-order valence-corrected chi connectivity index (χ3v) is 2.24. The molecule has 0 bridgehead atoms. The highest BCUT2D eigenvalue weighted by Crippen LogP contribution is 2.15. The minimum absolute atomic E-state index is 0.146. The highest BCUT2D eigenvalue weighted by atomic mass is 16.2. The number of carbonyl (C=O) groups is 1. The fourth-order valence-corrected chi connectivity index (χ4v) is 1.13. The number of nitrogens with one attached hydrogen (secondary N) is 1. The Labute approximate surface area is 82.1 Å². The van der Waals surface area contributed by atoms with Gasteiger partial charge in [-0.15, -0.1) is 0 Å². The number of amides is 1. The van der Waals surface area contributed by atoms with Crippen molar-refractivity contribution in [3.63, 3.8) is 0 Å². The molecule has 0 saturated carbocycles. The van der Waals surface area contributed by atoms with E-state index in [0.717, 1.165) is 6.42 Å². The zero-order chi connectivity index (χ0) is 10.6. The van der Waals surface area contributed by atoms with Crippen LogP contribution in [-0.4, -0.2) is 11.9 Å². The van der Waals surface area contributed by atoms with E-state index in [4.69, 9.17) is 0 Å². The molecule has 0 spiro atoms. The maximum atomic E-state index is 11.6. The molecule has 0 aliphatic carbocycles. The van der Waals surface area contributed by atoms with Gasteiger partial charge in [0.1, 0.15) is 0 Å². The van der Waals surface area contributed by atoms with Crippen LogP contribution in [0.2, 0.25) is 0 Å². The van der Waals surface area contributed by atoms with Crippen molar-refractivity contribution in [2.45, 2.75) is 54.0 Å². The quantitative estimate of drug-likeness (QED) is 0.719. The summed E-state index contributed by atoms with van der Waals surface area (Å²) in [4.78, 5) is 11.6. The van der Waals surface area contributed by atoms with Crippen LogP contribution in [0.5, 0.6) is 0 Å². The summed E-state index contributed by atoms with van der Waals surface area (Å²) in [5, 5.41) is 3.07. The lowest BCUT2D eigenvalue weighted by Gasteiger charge is -2.25. The SMILES string of the molecule is CCC(NC(=O)C(C)(C)C)C(C)C. The van der Waals surface area contributed by atoms with E-state index in [1.165, 1.54) is 0 Å². The van der Waals surface area contributed by atoms with Crippen molar-refractivity contribution in [1.82, 2.24) is 5.32 Å². The van der Waals surface area contributed by atoms with Gasteiger partial charge in [0, 0.05) is 11.5 Å². The fourth-order valence-electron chi connectivity index (χ4n) is 1.13. The average molecular weight is 185 g/mol. The van der Waals surface area contributed by atoms with Gasteiger partial charge in [0.15, 0.2) is 0 Å². The number of rotatable bonds is 3. The normalized spacial score (nSPS) is 14.4. The largest absolute Gasteiger partial charge is 0.353 e. The molecule has 0 aromatic rings. The van der Waals surface area contributed by atoms with Crippen molar-refractivity contribution in [3.05, 3.63) is 0 Å². The van der Waals surface area contributed by atoms with Crippen LogP contribution in [0.3, 0.4) is 0 Å². The Morgan fingerprint density at radius 3 is 2.00 bits per heavy atom. The maximum Gasteiger partial charge on any atom is 0.225 e. The second-order valence-electron chi connectivity index (χ2n) is 4.98. The molecule has 0 rings (SSSR count). The molecule has 2 heteroatoms. The smallest absolute Gasteiger partial charge is 0.225 e. The molecule has 0 fully saturated rings. The number of hydrogen-bond donors (Lipinski definition) is 1. The molecule has 0 saturated heterocycles. The van der Waals surface area contributed by atoms with Gasteiger partial charge in [-0.05, 0) is 12.3 Å². The third-order valence-electron chi connectivity index (χ3n) is 2.24. The first-order valence-corrected chi connectivity index (χ1v) is 5.10. The summed E-state index contributed by atoms with van der Waals surface area (Å²) in [5.41, 5.74) is -0.275. The summed E-state index contributed by atoms with van der Waals surface area (Å²) in [7, 11) is 0. The van der Waals surface area contributed by atoms with E-state index < -0.39 is 0 Å². The highest BCUT2D eigenvalue weighted by molar-refractivity contribution is 5.81. The van der Waals surface area contributed by atoms with Crippen LogP contribution in [-0.2, 0) is 4.79 Å². The summed E-state index contributed by atoms with van der Waals surface area (Å²) >= 11 is 0. The molecule has 1 atom stereocenters. The van der Waals surface area contributed by atoms with Crippen LogP contribution in [0.15, 0.2) is 0 Å². The molecule has 0 aliphatic heterocycles. The van der Waals surface area contributed by atoms with Gasteiger partial charge in [-0.1, -0.05) is 41.5 Å². The molecule has 0 aromatic carbocycles. The Kier molecular flexibility index (Phi) is 4.45. The number of hydrogen-bond acceptors (Lipinski definition) is 1. The van der Waals surface area contributed by atoms with Gasteiger partial charge >= 0.3 is 0 Å². The minimum atomic E-state index is -0.275. The molecular weight excluding hydrogens is 162 g/mol. The Morgan fingerprint density at radius 2 is 1.77 bits per heavy atom. The summed E-state index contributed by atoms with van der Waals surface area (Å²) in [6.07, 6.45) is 0.999. The molecule has 0 aliphatic rings. The fraction of sp³-hybridized carbons (Fsp3) is 0.909. The van der Waals surface area contributed by atoms with Crippen molar-refractivity contribution >= 4 is 5.91 Å². The van der Waals surface area contributed by atoms with E-state index in [1.807, 2.05) is 20.8 Å². The highest BCUT2D eigenvalue weighted by Gasteiger charge is 2.24. The van der Waals surface area contributed by atoms with Gasteiger partial charge in [-0.3, -0.25) is 4.79 Å². The van der Waals surface area contributed by atoms with Crippen LogP contribution >= 0.6 is 0 Å². The molecule has 78 valence electrons. The second-order valence-corrected chi connectivity index (χ2v) is 4.98. The first-order chi connectivity index (χ1) is 5.79. The summed E-state index contributed by atoms with van der Waals surface area (Å²) in [5.74, 6) is 0.657. The first-order valence-electron chi connectivity index (χ1n) is 5.10. The van der Waals surface area contributed by atoms with Crippen molar-refractivity contribution in [3.8, 4) is 0 Å². The third kappa shape index (κ3) is 4.30. The molecular formula is C11H23NO. The predicted molar refractivity (Wildman–Crippen MR) is 56.5 cm³/mol. The van der Waals surface area contributed by atoms with Gasteiger partial charge in [0.25, 0.3) is 0 Å². The van der Waals surface area contributed by atoms with Gasteiger partial charge in [-0.2, -0.15) is 0 Å². The molecule has 1 amide bonds. The van der Waals surface area contributed by atoms with E-state index in [1.54, 1.807) is 0 Å². The Bertz CT molecular complexity index is 167. The Morgan fingerprint density at radius 1 is 1.31 bits per heavy atom. The van der Waals surface area contributed by atoms with E-state index >= 15 is 0 Å². The van der Waals surface area contributed by atoms with Crippen LogP contribution < -0.4 is 5.32 Å².